The Kier molecular flexibility index (Phi) is 8.62. The number of aliphatic carboxylic acids is 1. The average Bonchev–Trinajstić information content (AvgIpc) is 3.27. The summed E-state index contributed by atoms with van der Waals surface area (Å²) in [6, 6.07) is 23.6. The van der Waals surface area contributed by atoms with Crippen molar-refractivity contribution in [2.75, 3.05) is 19.8 Å². The summed E-state index contributed by atoms with van der Waals surface area (Å²) >= 11 is 7.83. The molecule has 0 spiro atoms. The van der Waals surface area contributed by atoms with Crippen molar-refractivity contribution in [3.8, 4) is 5.75 Å². The van der Waals surface area contributed by atoms with Gasteiger partial charge in [0.1, 0.15) is 12.4 Å². The average molecular weight is 575 g/mol. The smallest absolute Gasteiger partial charge is 0.304 e. The van der Waals surface area contributed by atoms with Crippen molar-refractivity contribution < 1.29 is 19.4 Å². The molecule has 1 aliphatic carbocycles. The molecule has 4 aromatic rings. The summed E-state index contributed by atoms with van der Waals surface area (Å²) in [6.45, 7) is 0.328. The van der Waals surface area contributed by atoms with E-state index < -0.39 is 5.97 Å². The van der Waals surface area contributed by atoms with Crippen molar-refractivity contribution in [3.05, 3.63) is 106 Å². The summed E-state index contributed by atoms with van der Waals surface area (Å²) in [5.41, 5.74) is 5.87. The number of fused-ring (bicyclic) bond motifs is 2. The van der Waals surface area contributed by atoms with Crippen molar-refractivity contribution in [2.45, 2.75) is 31.1 Å². The van der Waals surface area contributed by atoms with Crippen LogP contribution in [-0.2, 0) is 24.2 Å². The van der Waals surface area contributed by atoms with Crippen LogP contribution in [0.5, 0.6) is 5.75 Å². The lowest BCUT2D eigenvalue weighted by Crippen LogP contribution is -2.21. The maximum absolute atomic E-state index is 12.5. The Balaban J connectivity index is 1.34. The monoisotopic (exact) mass is 574 g/mol. The largest absolute Gasteiger partial charge is 0.487 e. The fourth-order valence-corrected chi connectivity index (χ4v) is 6.77. The Hall–Kier alpha value is -3.55. The van der Waals surface area contributed by atoms with Crippen LogP contribution in [0, 0.1) is 5.92 Å². The number of ether oxygens (including phenoxy) is 1. The molecule has 6 nitrogen and oxygen atoms in total. The number of pyridine rings is 1. The number of aromatic nitrogens is 1. The first-order valence-corrected chi connectivity index (χ1v) is 14.6. The lowest BCUT2D eigenvalue weighted by atomic mass is 9.95. The molecule has 40 heavy (non-hydrogen) atoms. The van der Waals surface area contributed by atoms with Crippen molar-refractivity contribution in [3.63, 3.8) is 0 Å². The number of carbonyl (C=O) groups is 2. The Labute approximate surface area is 243 Å². The highest BCUT2D eigenvalue weighted by molar-refractivity contribution is 7.99. The van der Waals surface area contributed by atoms with Gasteiger partial charge in [-0.05, 0) is 77.9 Å². The number of nitrogens with zero attached hydrogens (tertiary/aromatic N) is 2. The van der Waals surface area contributed by atoms with Gasteiger partial charge in [0.15, 0.2) is 0 Å². The van der Waals surface area contributed by atoms with E-state index in [1.54, 1.807) is 30.8 Å². The highest BCUT2D eigenvalue weighted by atomic mass is 35.5. The van der Waals surface area contributed by atoms with Gasteiger partial charge in [-0.2, -0.15) is 11.8 Å². The molecular formula is C32H31ClN2O4S. The molecule has 1 amide bonds. The van der Waals surface area contributed by atoms with E-state index in [0.717, 1.165) is 40.8 Å². The van der Waals surface area contributed by atoms with Crippen LogP contribution in [0.4, 0.5) is 0 Å². The van der Waals surface area contributed by atoms with E-state index in [9.17, 15) is 14.7 Å². The van der Waals surface area contributed by atoms with Crippen LogP contribution < -0.4 is 4.74 Å². The van der Waals surface area contributed by atoms with E-state index in [-0.39, 0.29) is 23.5 Å². The van der Waals surface area contributed by atoms with Crippen LogP contribution in [-0.4, -0.2) is 46.7 Å². The molecule has 2 atom stereocenters. The standard InChI is InChI=1S/C32H31ClN2O4S/c1-35(2)32(38)23-5-3-4-20(14-23)15-24-16-22-8-11-27(18-28(22)31(24)40-13-12-30(36)37)39-19-26-10-7-21-6-9-25(33)17-29(21)34-26/h3-11,14,17-18,24,31H,12-13,15-16,19H2,1-2H3,(H,36,37). The minimum atomic E-state index is -0.793. The molecule has 1 heterocycles. The molecule has 3 aromatic carbocycles. The van der Waals surface area contributed by atoms with Crippen molar-refractivity contribution >= 4 is 46.1 Å². The van der Waals surface area contributed by atoms with Crippen LogP contribution in [0.3, 0.4) is 0 Å². The molecule has 0 aliphatic heterocycles. The van der Waals surface area contributed by atoms with Gasteiger partial charge in [0.25, 0.3) is 5.91 Å². The Morgan fingerprint density at radius 3 is 2.70 bits per heavy atom. The first-order valence-electron chi connectivity index (χ1n) is 13.2. The summed E-state index contributed by atoms with van der Waals surface area (Å²) in [4.78, 5) is 30.0. The second-order valence-electron chi connectivity index (χ2n) is 10.3. The summed E-state index contributed by atoms with van der Waals surface area (Å²) in [5, 5.41) is 11.0. The van der Waals surface area contributed by atoms with Gasteiger partial charge in [-0.1, -0.05) is 41.9 Å². The van der Waals surface area contributed by atoms with Crippen LogP contribution in [0.1, 0.15) is 44.4 Å². The number of thioether (sulfide) groups is 1. The van der Waals surface area contributed by atoms with Gasteiger partial charge in [-0.25, -0.2) is 4.98 Å². The predicted molar refractivity (Wildman–Crippen MR) is 160 cm³/mol. The van der Waals surface area contributed by atoms with Gasteiger partial charge < -0.3 is 14.7 Å². The molecule has 1 aliphatic rings. The molecule has 0 saturated carbocycles. The number of halogens is 1. The number of carboxylic acid groups (broad SMARTS) is 1. The van der Waals surface area contributed by atoms with E-state index in [0.29, 0.717) is 22.9 Å². The number of hydrogen-bond acceptors (Lipinski definition) is 5. The van der Waals surface area contributed by atoms with Gasteiger partial charge in [-0.15, -0.1) is 0 Å². The molecular weight excluding hydrogens is 544 g/mol. The third kappa shape index (κ3) is 6.60. The maximum atomic E-state index is 12.5. The second-order valence-corrected chi connectivity index (χ2v) is 12.0. The van der Waals surface area contributed by atoms with E-state index in [1.165, 1.54) is 11.1 Å². The molecule has 1 aromatic heterocycles. The number of amides is 1. The van der Waals surface area contributed by atoms with Gasteiger partial charge in [0, 0.05) is 41.1 Å². The van der Waals surface area contributed by atoms with Gasteiger partial charge in [0.2, 0.25) is 0 Å². The minimum absolute atomic E-state index is 0.0188. The van der Waals surface area contributed by atoms with Crippen LogP contribution >= 0.6 is 23.4 Å². The molecule has 0 fully saturated rings. The van der Waals surface area contributed by atoms with Crippen molar-refractivity contribution in [1.29, 1.82) is 0 Å². The van der Waals surface area contributed by atoms with Crippen LogP contribution in [0.2, 0.25) is 5.02 Å². The van der Waals surface area contributed by atoms with Gasteiger partial charge >= 0.3 is 5.97 Å². The normalized spacial score (nSPS) is 16.1. The number of hydrogen-bond donors (Lipinski definition) is 1. The Morgan fingerprint density at radius 2 is 1.90 bits per heavy atom. The summed E-state index contributed by atoms with van der Waals surface area (Å²) < 4.78 is 6.16. The molecule has 0 saturated heterocycles. The van der Waals surface area contributed by atoms with Crippen LogP contribution in [0.15, 0.2) is 72.8 Å². The zero-order chi connectivity index (χ0) is 28.2. The fraction of sp³-hybridized carbons (Fsp3) is 0.281. The maximum Gasteiger partial charge on any atom is 0.304 e. The second kappa shape index (κ2) is 12.3. The molecule has 8 heteroatoms. The van der Waals surface area contributed by atoms with Crippen molar-refractivity contribution in [1.82, 2.24) is 9.88 Å². The quantitative estimate of drug-likeness (QED) is 0.223. The number of rotatable bonds is 10. The van der Waals surface area contributed by atoms with E-state index in [2.05, 4.69) is 23.2 Å². The molecule has 1 N–H and O–H groups in total. The molecule has 0 radical (unpaired) electrons. The molecule has 0 bridgehead atoms. The number of carbonyl (C=O) groups excluding carboxylic acids is 1. The molecule has 5 rings (SSSR count). The zero-order valence-electron chi connectivity index (χ0n) is 22.5. The predicted octanol–water partition coefficient (Wildman–Crippen LogP) is 6.83. The first-order chi connectivity index (χ1) is 19.3. The third-order valence-corrected chi connectivity index (χ3v) is 8.80. The van der Waals surface area contributed by atoms with Crippen molar-refractivity contribution in [2.24, 2.45) is 5.92 Å². The Morgan fingerprint density at radius 1 is 1.07 bits per heavy atom. The minimum Gasteiger partial charge on any atom is -0.487 e. The summed E-state index contributed by atoms with van der Waals surface area (Å²) in [6.07, 6.45) is 1.80. The lowest BCUT2D eigenvalue weighted by Gasteiger charge is -2.21. The van der Waals surface area contributed by atoms with E-state index in [1.807, 2.05) is 54.6 Å². The number of carboxylic acids is 1. The number of benzene rings is 3. The highest BCUT2D eigenvalue weighted by Crippen LogP contribution is 2.48. The summed E-state index contributed by atoms with van der Waals surface area (Å²) in [5.74, 6) is 0.757. The highest BCUT2D eigenvalue weighted by Gasteiger charge is 2.33. The topological polar surface area (TPSA) is 79.7 Å². The van der Waals surface area contributed by atoms with E-state index >= 15 is 0 Å². The zero-order valence-corrected chi connectivity index (χ0v) is 24.0. The van der Waals surface area contributed by atoms with Crippen LogP contribution in [0.25, 0.3) is 10.9 Å². The van der Waals surface area contributed by atoms with Gasteiger partial charge in [-0.3, -0.25) is 9.59 Å². The first kappa shape index (κ1) is 28.0. The lowest BCUT2D eigenvalue weighted by molar-refractivity contribution is -0.136. The SMILES string of the molecule is CN(C)C(=O)c1cccc(CC2Cc3ccc(OCc4ccc5ccc(Cl)cc5n4)cc3C2SCCC(=O)O)c1. The molecule has 2 unspecified atom stereocenters. The Bertz CT molecular complexity index is 1560. The molecule has 206 valence electrons. The van der Waals surface area contributed by atoms with E-state index in [4.69, 9.17) is 16.3 Å². The third-order valence-electron chi connectivity index (χ3n) is 7.12. The fourth-order valence-electron chi connectivity index (χ4n) is 5.20. The summed E-state index contributed by atoms with van der Waals surface area (Å²) in [7, 11) is 3.51. The van der Waals surface area contributed by atoms with Gasteiger partial charge in [0.05, 0.1) is 17.6 Å².